The van der Waals surface area contributed by atoms with Gasteiger partial charge in [-0.15, -0.1) is 0 Å². The molecule has 0 aliphatic rings. The van der Waals surface area contributed by atoms with Crippen LogP contribution in [0.25, 0.3) is 0 Å². The smallest absolute Gasteiger partial charge is 0.122 e. The van der Waals surface area contributed by atoms with Crippen molar-refractivity contribution < 1.29 is 9.84 Å². The lowest BCUT2D eigenvalue weighted by atomic mass is 10.1. The van der Waals surface area contributed by atoms with Gasteiger partial charge >= 0.3 is 0 Å². The van der Waals surface area contributed by atoms with E-state index in [1.54, 1.807) is 6.07 Å². The molecule has 1 aromatic rings. The fourth-order valence-electron chi connectivity index (χ4n) is 1.90. The third-order valence-electron chi connectivity index (χ3n) is 2.96. The van der Waals surface area contributed by atoms with Crippen molar-refractivity contribution in [2.45, 2.75) is 26.8 Å². The maximum Gasteiger partial charge on any atom is 0.122 e. The van der Waals surface area contributed by atoms with E-state index in [1.165, 1.54) is 0 Å². The minimum Gasteiger partial charge on any atom is -0.508 e. The highest BCUT2D eigenvalue weighted by Crippen LogP contribution is 2.27. The van der Waals surface area contributed by atoms with Crippen molar-refractivity contribution in [2.75, 3.05) is 31.2 Å². The lowest BCUT2D eigenvalue weighted by Gasteiger charge is -2.24. The molecule has 1 atom stereocenters. The first-order chi connectivity index (χ1) is 8.60. The number of phenolic OH excluding ortho intramolecular Hbond substituents is 1. The molecular weight excluding hydrogens is 228 g/mol. The van der Waals surface area contributed by atoms with Gasteiger partial charge < -0.3 is 20.5 Å². The largest absolute Gasteiger partial charge is 0.508 e. The molecule has 0 saturated carbocycles. The van der Waals surface area contributed by atoms with Crippen molar-refractivity contribution in [3.8, 4) is 5.75 Å². The van der Waals surface area contributed by atoms with Crippen molar-refractivity contribution in [2.24, 2.45) is 5.73 Å². The SMILES string of the molecule is CCOCCN(CC)c1ccc(C(C)N)c(O)c1. The molecule has 0 heterocycles. The topological polar surface area (TPSA) is 58.7 Å². The Labute approximate surface area is 109 Å². The molecule has 0 fully saturated rings. The molecule has 0 amide bonds. The molecule has 0 aromatic heterocycles. The second kappa shape index (κ2) is 7.24. The number of anilines is 1. The van der Waals surface area contributed by atoms with Gasteiger partial charge in [-0.1, -0.05) is 6.07 Å². The number of nitrogens with zero attached hydrogens (tertiary/aromatic N) is 1. The van der Waals surface area contributed by atoms with E-state index in [9.17, 15) is 5.11 Å². The molecule has 1 aromatic carbocycles. The Bertz CT molecular complexity index is 367. The highest BCUT2D eigenvalue weighted by Gasteiger charge is 2.10. The molecule has 1 unspecified atom stereocenters. The van der Waals surface area contributed by atoms with Crippen LogP contribution in [0.2, 0.25) is 0 Å². The molecule has 3 N–H and O–H groups in total. The minimum absolute atomic E-state index is 0.155. The summed E-state index contributed by atoms with van der Waals surface area (Å²) in [7, 11) is 0. The first-order valence-electron chi connectivity index (χ1n) is 6.51. The van der Waals surface area contributed by atoms with Crippen LogP contribution in [0, 0.1) is 0 Å². The number of ether oxygens (including phenoxy) is 1. The lowest BCUT2D eigenvalue weighted by Crippen LogP contribution is -2.27. The third kappa shape index (κ3) is 3.89. The van der Waals surface area contributed by atoms with E-state index in [0.29, 0.717) is 6.61 Å². The lowest BCUT2D eigenvalue weighted by molar-refractivity contribution is 0.154. The van der Waals surface area contributed by atoms with Gasteiger partial charge in [0.2, 0.25) is 0 Å². The standard InChI is InChI=1S/C14H24N2O2/c1-4-16(8-9-18-5-2)12-6-7-13(11(3)15)14(17)10-12/h6-7,10-11,17H,4-5,8-9,15H2,1-3H3. The van der Waals surface area contributed by atoms with Crippen molar-refractivity contribution in [3.63, 3.8) is 0 Å². The van der Waals surface area contributed by atoms with E-state index < -0.39 is 0 Å². The van der Waals surface area contributed by atoms with Crippen molar-refractivity contribution in [1.82, 2.24) is 0 Å². The normalized spacial score (nSPS) is 12.4. The Kier molecular flexibility index (Phi) is 5.95. The van der Waals surface area contributed by atoms with E-state index in [4.69, 9.17) is 10.5 Å². The van der Waals surface area contributed by atoms with Gasteiger partial charge in [-0.2, -0.15) is 0 Å². The molecule has 0 radical (unpaired) electrons. The van der Waals surface area contributed by atoms with Gasteiger partial charge in [0, 0.05) is 43.1 Å². The first kappa shape index (κ1) is 14.8. The number of benzene rings is 1. The second-order valence-electron chi connectivity index (χ2n) is 4.31. The number of hydrogen-bond acceptors (Lipinski definition) is 4. The van der Waals surface area contributed by atoms with Gasteiger partial charge in [0.1, 0.15) is 5.75 Å². The monoisotopic (exact) mass is 252 g/mol. The first-order valence-corrected chi connectivity index (χ1v) is 6.51. The zero-order chi connectivity index (χ0) is 13.5. The Balaban J connectivity index is 2.77. The number of hydrogen-bond donors (Lipinski definition) is 2. The van der Waals surface area contributed by atoms with Crippen molar-refractivity contribution in [3.05, 3.63) is 23.8 Å². The van der Waals surface area contributed by atoms with E-state index in [1.807, 2.05) is 26.0 Å². The summed E-state index contributed by atoms with van der Waals surface area (Å²) in [6.45, 7) is 9.06. The minimum atomic E-state index is -0.155. The number of nitrogens with two attached hydrogens (primary N) is 1. The summed E-state index contributed by atoms with van der Waals surface area (Å²) >= 11 is 0. The molecule has 1 rings (SSSR count). The van der Waals surface area contributed by atoms with Crippen LogP contribution in [0.15, 0.2) is 18.2 Å². The molecule has 0 saturated heterocycles. The predicted octanol–water partition coefficient (Wildman–Crippen LogP) is 2.27. The molecule has 0 aliphatic carbocycles. The zero-order valence-corrected chi connectivity index (χ0v) is 11.5. The summed E-state index contributed by atoms with van der Waals surface area (Å²) in [6.07, 6.45) is 0. The molecule has 0 bridgehead atoms. The van der Waals surface area contributed by atoms with Crippen LogP contribution >= 0.6 is 0 Å². The summed E-state index contributed by atoms with van der Waals surface area (Å²) in [5.41, 5.74) is 7.55. The zero-order valence-electron chi connectivity index (χ0n) is 11.5. The van der Waals surface area contributed by atoms with E-state index in [-0.39, 0.29) is 11.8 Å². The third-order valence-corrected chi connectivity index (χ3v) is 2.96. The molecule has 4 heteroatoms. The van der Waals surface area contributed by atoms with Gasteiger partial charge in [-0.05, 0) is 26.8 Å². The van der Waals surface area contributed by atoms with Crippen LogP contribution in [0.5, 0.6) is 5.75 Å². The summed E-state index contributed by atoms with van der Waals surface area (Å²) in [6, 6.07) is 5.50. The van der Waals surface area contributed by atoms with Crippen LogP contribution in [-0.2, 0) is 4.74 Å². The van der Waals surface area contributed by atoms with Crippen LogP contribution in [0.3, 0.4) is 0 Å². The molecule has 18 heavy (non-hydrogen) atoms. The number of likely N-dealkylation sites (N-methyl/N-ethyl adjacent to an activating group) is 1. The molecule has 0 spiro atoms. The van der Waals surface area contributed by atoms with Crippen LogP contribution in [-0.4, -0.2) is 31.4 Å². The van der Waals surface area contributed by atoms with Crippen LogP contribution in [0.4, 0.5) is 5.69 Å². The molecular formula is C14H24N2O2. The quantitative estimate of drug-likeness (QED) is 0.731. The molecule has 0 aliphatic heterocycles. The molecule has 4 nitrogen and oxygen atoms in total. The summed E-state index contributed by atoms with van der Waals surface area (Å²) in [4.78, 5) is 2.17. The maximum atomic E-state index is 9.94. The van der Waals surface area contributed by atoms with Crippen molar-refractivity contribution in [1.29, 1.82) is 0 Å². The van der Waals surface area contributed by atoms with Crippen molar-refractivity contribution >= 4 is 5.69 Å². The fraction of sp³-hybridized carbons (Fsp3) is 0.571. The second-order valence-corrected chi connectivity index (χ2v) is 4.31. The Hall–Kier alpha value is -1.26. The van der Waals surface area contributed by atoms with E-state index in [0.717, 1.165) is 30.9 Å². The number of rotatable bonds is 7. The number of phenols is 1. The van der Waals surface area contributed by atoms with E-state index >= 15 is 0 Å². The highest BCUT2D eigenvalue weighted by molar-refractivity contribution is 5.54. The van der Waals surface area contributed by atoms with Gasteiger partial charge in [0.05, 0.1) is 6.61 Å². The average molecular weight is 252 g/mol. The molecule has 102 valence electrons. The number of aromatic hydroxyl groups is 1. The summed E-state index contributed by atoms with van der Waals surface area (Å²) in [5, 5.41) is 9.94. The van der Waals surface area contributed by atoms with Gasteiger partial charge in [-0.3, -0.25) is 0 Å². The predicted molar refractivity (Wildman–Crippen MR) is 75.1 cm³/mol. The highest BCUT2D eigenvalue weighted by atomic mass is 16.5. The van der Waals surface area contributed by atoms with E-state index in [2.05, 4.69) is 11.8 Å². The van der Waals surface area contributed by atoms with Gasteiger partial charge in [-0.25, -0.2) is 0 Å². The average Bonchev–Trinajstić information content (AvgIpc) is 2.34. The summed E-state index contributed by atoms with van der Waals surface area (Å²) in [5.74, 6) is 0.261. The maximum absolute atomic E-state index is 9.94. The Morgan fingerprint density at radius 2 is 2.11 bits per heavy atom. The fourth-order valence-corrected chi connectivity index (χ4v) is 1.90. The summed E-state index contributed by atoms with van der Waals surface area (Å²) < 4.78 is 5.36. The Morgan fingerprint density at radius 3 is 2.61 bits per heavy atom. The van der Waals surface area contributed by atoms with Gasteiger partial charge in [0.25, 0.3) is 0 Å². The van der Waals surface area contributed by atoms with Crippen LogP contribution in [0.1, 0.15) is 32.4 Å². The van der Waals surface area contributed by atoms with Gasteiger partial charge in [0.15, 0.2) is 0 Å². The van der Waals surface area contributed by atoms with Crippen LogP contribution < -0.4 is 10.6 Å². The Morgan fingerprint density at radius 1 is 1.39 bits per heavy atom.